The summed E-state index contributed by atoms with van der Waals surface area (Å²) in [5, 5.41) is 9.12. The number of piperidine rings is 1. The molecule has 1 aliphatic heterocycles. The molecule has 0 saturated carbocycles. The Labute approximate surface area is 94.5 Å². The molecule has 0 aromatic carbocycles. The zero-order valence-electron chi connectivity index (χ0n) is 9.44. The first-order chi connectivity index (χ1) is 7.66. The van der Waals surface area contributed by atoms with Crippen LogP contribution in [0.2, 0.25) is 0 Å². The summed E-state index contributed by atoms with van der Waals surface area (Å²) in [4.78, 5) is 20.4. The second kappa shape index (κ2) is 4.65. The van der Waals surface area contributed by atoms with Crippen LogP contribution in [0.25, 0.3) is 0 Å². The average Bonchev–Trinajstić information content (AvgIpc) is 2.64. The maximum absolute atomic E-state index is 11.1. The lowest BCUT2D eigenvalue weighted by atomic mass is 10.0. The summed E-state index contributed by atoms with van der Waals surface area (Å²) >= 11 is 0. The van der Waals surface area contributed by atoms with Gasteiger partial charge in [0, 0.05) is 11.9 Å². The highest BCUT2D eigenvalue weighted by atomic mass is 16.4. The minimum atomic E-state index is -0.719. The second-order valence-electron chi connectivity index (χ2n) is 4.33. The van der Waals surface area contributed by atoms with Crippen LogP contribution in [0.15, 0.2) is 6.20 Å². The van der Waals surface area contributed by atoms with Gasteiger partial charge in [-0.1, -0.05) is 6.42 Å². The lowest BCUT2D eigenvalue weighted by molar-refractivity contribution is -0.144. The van der Waals surface area contributed by atoms with Gasteiger partial charge in [0.05, 0.1) is 6.54 Å². The van der Waals surface area contributed by atoms with Crippen LogP contribution in [0.1, 0.15) is 30.8 Å². The van der Waals surface area contributed by atoms with E-state index in [1.54, 1.807) is 6.20 Å². The Balaban J connectivity index is 2.03. The molecular formula is C11H17N3O2. The van der Waals surface area contributed by atoms with Gasteiger partial charge >= 0.3 is 5.97 Å². The number of likely N-dealkylation sites (tertiary alicyclic amines) is 1. The number of carboxylic acid groups (broad SMARTS) is 1. The number of carbonyl (C=O) groups is 1. The SMILES string of the molecule is Cc1cnc(CN2CCCCC2C(=O)O)[nH]1. The lowest BCUT2D eigenvalue weighted by Crippen LogP contribution is -2.44. The van der Waals surface area contributed by atoms with E-state index < -0.39 is 5.97 Å². The second-order valence-corrected chi connectivity index (χ2v) is 4.33. The Kier molecular flexibility index (Phi) is 3.24. The van der Waals surface area contributed by atoms with Crippen LogP contribution in [0.3, 0.4) is 0 Å². The Morgan fingerprint density at radius 1 is 1.69 bits per heavy atom. The standard InChI is InChI=1S/C11H17N3O2/c1-8-6-12-10(13-8)7-14-5-3-2-4-9(14)11(15)16/h6,9H,2-5,7H2,1H3,(H,12,13)(H,15,16). The summed E-state index contributed by atoms with van der Waals surface area (Å²) in [5.74, 6) is 0.133. The number of aliphatic carboxylic acids is 1. The van der Waals surface area contributed by atoms with Crippen LogP contribution in [-0.2, 0) is 11.3 Å². The van der Waals surface area contributed by atoms with E-state index in [1.807, 2.05) is 11.8 Å². The van der Waals surface area contributed by atoms with Crippen molar-refractivity contribution in [1.29, 1.82) is 0 Å². The molecule has 0 amide bonds. The largest absolute Gasteiger partial charge is 0.480 e. The highest BCUT2D eigenvalue weighted by Gasteiger charge is 2.28. The van der Waals surface area contributed by atoms with Crippen LogP contribution in [-0.4, -0.2) is 38.5 Å². The highest BCUT2D eigenvalue weighted by Crippen LogP contribution is 2.18. The van der Waals surface area contributed by atoms with Gasteiger partial charge in [-0.2, -0.15) is 0 Å². The summed E-state index contributed by atoms with van der Waals surface area (Å²) in [7, 11) is 0. The van der Waals surface area contributed by atoms with E-state index in [0.29, 0.717) is 6.54 Å². The minimum absolute atomic E-state index is 0.348. The number of nitrogens with zero attached hydrogens (tertiary/aromatic N) is 2. The number of carboxylic acids is 1. The van der Waals surface area contributed by atoms with E-state index in [9.17, 15) is 4.79 Å². The Hall–Kier alpha value is -1.36. The van der Waals surface area contributed by atoms with E-state index in [1.165, 1.54) is 0 Å². The van der Waals surface area contributed by atoms with Crippen LogP contribution >= 0.6 is 0 Å². The van der Waals surface area contributed by atoms with Gasteiger partial charge in [0.1, 0.15) is 11.9 Å². The molecule has 2 N–H and O–H groups in total. The molecule has 2 heterocycles. The molecule has 16 heavy (non-hydrogen) atoms. The van der Waals surface area contributed by atoms with Crippen LogP contribution in [0, 0.1) is 6.92 Å². The fourth-order valence-electron chi connectivity index (χ4n) is 2.20. The molecule has 0 radical (unpaired) electrons. The summed E-state index contributed by atoms with van der Waals surface area (Å²) in [6, 6.07) is -0.348. The van der Waals surface area contributed by atoms with E-state index in [0.717, 1.165) is 37.3 Å². The smallest absolute Gasteiger partial charge is 0.320 e. The first-order valence-electron chi connectivity index (χ1n) is 5.64. The number of rotatable bonds is 3. The molecule has 1 saturated heterocycles. The molecule has 88 valence electrons. The van der Waals surface area contributed by atoms with Gasteiger partial charge in [0.25, 0.3) is 0 Å². The Morgan fingerprint density at radius 2 is 2.50 bits per heavy atom. The van der Waals surface area contributed by atoms with Crippen molar-refractivity contribution in [2.45, 2.75) is 38.8 Å². The third kappa shape index (κ3) is 2.41. The van der Waals surface area contributed by atoms with Crippen LogP contribution in [0.4, 0.5) is 0 Å². The van der Waals surface area contributed by atoms with Crippen LogP contribution < -0.4 is 0 Å². The van der Waals surface area contributed by atoms with Crippen molar-refractivity contribution in [3.05, 3.63) is 17.7 Å². The number of nitrogens with one attached hydrogen (secondary N) is 1. The first-order valence-corrected chi connectivity index (χ1v) is 5.64. The highest BCUT2D eigenvalue weighted by molar-refractivity contribution is 5.73. The third-order valence-electron chi connectivity index (χ3n) is 3.01. The predicted molar refractivity (Wildman–Crippen MR) is 59.0 cm³/mol. The van der Waals surface area contributed by atoms with Gasteiger partial charge in [-0.3, -0.25) is 9.69 Å². The van der Waals surface area contributed by atoms with Crippen molar-refractivity contribution in [1.82, 2.24) is 14.9 Å². The van der Waals surface area contributed by atoms with Crippen molar-refractivity contribution in [2.24, 2.45) is 0 Å². The molecule has 5 heteroatoms. The topological polar surface area (TPSA) is 69.2 Å². The predicted octanol–water partition coefficient (Wildman–Crippen LogP) is 1.16. The zero-order chi connectivity index (χ0) is 11.5. The molecule has 1 aromatic rings. The van der Waals surface area contributed by atoms with Gasteiger partial charge < -0.3 is 10.1 Å². The monoisotopic (exact) mass is 223 g/mol. The fraction of sp³-hybridized carbons (Fsp3) is 0.636. The molecule has 1 atom stereocenters. The van der Waals surface area contributed by atoms with Gasteiger partial charge in [0.2, 0.25) is 0 Å². The fourth-order valence-corrected chi connectivity index (χ4v) is 2.20. The number of H-pyrrole nitrogens is 1. The number of hydrogen-bond acceptors (Lipinski definition) is 3. The molecule has 0 aliphatic carbocycles. The number of aromatic amines is 1. The molecule has 1 aliphatic rings. The summed E-state index contributed by atoms with van der Waals surface area (Å²) < 4.78 is 0. The normalized spacial score (nSPS) is 22.2. The van der Waals surface area contributed by atoms with Gasteiger partial charge in [0.15, 0.2) is 0 Å². The Bertz CT molecular complexity index is 375. The summed E-state index contributed by atoms with van der Waals surface area (Å²) in [6.07, 6.45) is 4.60. The van der Waals surface area contributed by atoms with Gasteiger partial charge in [-0.25, -0.2) is 4.98 Å². The van der Waals surface area contributed by atoms with Crippen molar-refractivity contribution in [3.8, 4) is 0 Å². The van der Waals surface area contributed by atoms with E-state index >= 15 is 0 Å². The zero-order valence-corrected chi connectivity index (χ0v) is 9.44. The van der Waals surface area contributed by atoms with Crippen molar-refractivity contribution in [2.75, 3.05) is 6.54 Å². The Morgan fingerprint density at radius 3 is 3.12 bits per heavy atom. The summed E-state index contributed by atoms with van der Waals surface area (Å²) in [6.45, 7) is 3.39. The van der Waals surface area contributed by atoms with E-state index in [-0.39, 0.29) is 6.04 Å². The van der Waals surface area contributed by atoms with Crippen molar-refractivity contribution >= 4 is 5.97 Å². The number of imidazole rings is 1. The van der Waals surface area contributed by atoms with Crippen molar-refractivity contribution in [3.63, 3.8) is 0 Å². The maximum atomic E-state index is 11.1. The summed E-state index contributed by atoms with van der Waals surface area (Å²) in [5.41, 5.74) is 1.01. The minimum Gasteiger partial charge on any atom is -0.480 e. The molecule has 0 spiro atoms. The quantitative estimate of drug-likeness (QED) is 0.806. The van der Waals surface area contributed by atoms with Gasteiger partial charge in [-0.05, 0) is 26.3 Å². The number of hydrogen-bond donors (Lipinski definition) is 2. The molecule has 1 fully saturated rings. The van der Waals surface area contributed by atoms with Gasteiger partial charge in [-0.15, -0.1) is 0 Å². The average molecular weight is 223 g/mol. The third-order valence-corrected chi connectivity index (χ3v) is 3.01. The first kappa shape index (κ1) is 11.1. The maximum Gasteiger partial charge on any atom is 0.320 e. The lowest BCUT2D eigenvalue weighted by Gasteiger charge is -2.32. The van der Waals surface area contributed by atoms with Crippen molar-refractivity contribution < 1.29 is 9.90 Å². The van der Waals surface area contributed by atoms with E-state index in [2.05, 4.69) is 9.97 Å². The molecule has 1 aromatic heterocycles. The van der Waals surface area contributed by atoms with E-state index in [4.69, 9.17) is 5.11 Å². The molecule has 1 unspecified atom stereocenters. The molecule has 0 bridgehead atoms. The molecule has 2 rings (SSSR count). The number of aromatic nitrogens is 2. The number of aryl methyl sites for hydroxylation is 1. The van der Waals surface area contributed by atoms with Crippen LogP contribution in [0.5, 0.6) is 0 Å². The molecular weight excluding hydrogens is 206 g/mol. The molecule has 5 nitrogen and oxygen atoms in total.